The number of hydrogen-bond donors (Lipinski definition) is 2. The van der Waals surface area contributed by atoms with Gasteiger partial charge in [0.2, 0.25) is 5.91 Å². The fourth-order valence-electron chi connectivity index (χ4n) is 4.62. The van der Waals surface area contributed by atoms with Gasteiger partial charge in [0, 0.05) is 41.6 Å². The molecule has 3 heterocycles. The number of amides is 1. The van der Waals surface area contributed by atoms with Crippen molar-refractivity contribution in [1.29, 1.82) is 0 Å². The first-order valence-corrected chi connectivity index (χ1v) is 12.7. The van der Waals surface area contributed by atoms with Crippen LogP contribution in [-0.2, 0) is 4.79 Å². The molecule has 5 rings (SSSR count). The largest absolute Gasteiger partial charge is 0.351 e. The fourth-order valence-corrected chi connectivity index (χ4v) is 5.14. The second-order valence-corrected chi connectivity index (χ2v) is 9.59. The maximum atomic E-state index is 13.9. The summed E-state index contributed by atoms with van der Waals surface area (Å²) in [5.41, 5.74) is 5.05. The Labute approximate surface area is 225 Å². The van der Waals surface area contributed by atoms with Crippen molar-refractivity contribution >= 4 is 46.2 Å². The molecule has 0 radical (unpaired) electrons. The quantitative estimate of drug-likeness (QED) is 0.277. The molecule has 0 unspecified atom stereocenters. The SMILES string of the molecule is CCC(=O)Nc1ccc(N2C(=S)N[C@H](c3ccccn3)[C@H]2c2cccn2-c2ccc(F)c(Cl)c2)cc1C. The molecule has 2 aromatic heterocycles. The van der Waals surface area contributed by atoms with Crippen LogP contribution in [0.3, 0.4) is 0 Å². The van der Waals surface area contributed by atoms with E-state index >= 15 is 0 Å². The van der Waals surface area contributed by atoms with Crippen molar-refractivity contribution in [2.45, 2.75) is 32.4 Å². The molecule has 0 spiro atoms. The summed E-state index contributed by atoms with van der Waals surface area (Å²) in [6.45, 7) is 3.77. The number of hydrogen-bond acceptors (Lipinski definition) is 3. The molecule has 2 atom stereocenters. The second-order valence-electron chi connectivity index (χ2n) is 8.80. The molecule has 0 bridgehead atoms. The summed E-state index contributed by atoms with van der Waals surface area (Å²) in [4.78, 5) is 18.6. The summed E-state index contributed by atoms with van der Waals surface area (Å²) in [6, 6.07) is 19.7. The summed E-state index contributed by atoms with van der Waals surface area (Å²) in [5.74, 6) is -0.514. The van der Waals surface area contributed by atoms with Crippen molar-refractivity contribution in [3.8, 4) is 5.69 Å². The van der Waals surface area contributed by atoms with Crippen LogP contribution < -0.4 is 15.5 Å². The number of pyridine rings is 1. The topological polar surface area (TPSA) is 62.2 Å². The molecule has 188 valence electrons. The number of nitrogens with zero attached hydrogens (tertiary/aromatic N) is 3. The van der Waals surface area contributed by atoms with Gasteiger partial charge in [-0.15, -0.1) is 0 Å². The minimum atomic E-state index is -0.471. The van der Waals surface area contributed by atoms with Crippen LogP contribution in [0, 0.1) is 12.7 Å². The number of aromatic nitrogens is 2. The zero-order chi connectivity index (χ0) is 26.1. The zero-order valence-electron chi connectivity index (χ0n) is 20.3. The van der Waals surface area contributed by atoms with Crippen molar-refractivity contribution in [2.24, 2.45) is 0 Å². The summed E-state index contributed by atoms with van der Waals surface area (Å²) in [7, 11) is 0. The molecular weight excluding hydrogens is 509 g/mol. The average Bonchev–Trinajstić information content (AvgIpc) is 3.51. The Kier molecular flexibility index (Phi) is 6.95. The van der Waals surface area contributed by atoms with E-state index in [0.29, 0.717) is 11.5 Å². The van der Waals surface area contributed by atoms with E-state index in [0.717, 1.165) is 34.0 Å². The fraction of sp³-hybridized carbons (Fsp3) is 0.179. The lowest BCUT2D eigenvalue weighted by Crippen LogP contribution is -2.30. The third-order valence-corrected chi connectivity index (χ3v) is 7.05. The number of benzene rings is 2. The van der Waals surface area contributed by atoms with E-state index in [-0.39, 0.29) is 23.0 Å². The van der Waals surface area contributed by atoms with Crippen LogP contribution in [0.4, 0.5) is 15.8 Å². The lowest BCUT2D eigenvalue weighted by Gasteiger charge is -2.29. The minimum Gasteiger partial charge on any atom is -0.351 e. The van der Waals surface area contributed by atoms with Crippen LogP contribution >= 0.6 is 23.8 Å². The van der Waals surface area contributed by atoms with E-state index in [1.165, 1.54) is 6.07 Å². The number of halogens is 2. The lowest BCUT2D eigenvalue weighted by molar-refractivity contribution is -0.115. The Hall–Kier alpha value is -3.75. The summed E-state index contributed by atoms with van der Waals surface area (Å²) >= 11 is 12.0. The Morgan fingerprint density at radius 2 is 1.95 bits per heavy atom. The number of nitrogens with one attached hydrogen (secondary N) is 2. The first kappa shape index (κ1) is 24.9. The van der Waals surface area contributed by atoms with Crippen LogP contribution in [0.15, 0.2) is 79.1 Å². The number of rotatable bonds is 6. The standard InChI is InChI=1S/C28H25ClFN5OS/c1-3-25(36)32-22-12-10-19(15-17(22)2)35-27(26(33-28(35)37)23-7-4-5-13-31-23)24-8-6-14-34(24)18-9-11-21(30)20(29)16-18/h4-16,26-27H,3H2,1-2H3,(H,32,36)(H,33,37)/t26-,27-/m1/s1. The monoisotopic (exact) mass is 533 g/mol. The molecule has 1 fully saturated rings. The maximum Gasteiger partial charge on any atom is 0.224 e. The molecule has 1 aliphatic heterocycles. The van der Waals surface area contributed by atoms with Crippen LogP contribution in [0.2, 0.25) is 5.02 Å². The molecule has 2 N–H and O–H groups in total. The predicted molar refractivity (Wildman–Crippen MR) is 149 cm³/mol. The normalized spacial score (nSPS) is 17.1. The summed E-state index contributed by atoms with van der Waals surface area (Å²) < 4.78 is 15.9. The van der Waals surface area contributed by atoms with Gasteiger partial charge in [0.1, 0.15) is 11.9 Å². The Bertz CT molecular complexity index is 1470. The van der Waals surface area contributed by atoms with E-state index in [1.54, 1.807) is 18.3 Å². The highest BCUT2D eigenvalue weighted by molar-refractivity contribution is 7.80. The van der Waals surface area contributed by atoms with Crippen LogP contribution in [-0.4, -0.2) is 20.6 Å². The van der Waals surface area contributed by atoms with Crippen LogP contribution in [0.1, 0.15) is 42.4 Å². The smallest absolute Gasteiger partial charge is 0.224 e. The third kappa shape index (κ3) is 4.82. The molecule has 1 amide bonds. The van der Waals surface area contributed by atoms with E-state index < -0.39 is 5.82 Å². The van der Waals surface area contributed by atoms with Crippen molar-refractivity contribution in [3.63, 3.8) is 0 Å². The molecule has 1 saturated heterocycles. The van der Waals surface area contributed by atoms with Gasteiger partial charge in [0.15, 0.2) is 5.11 Å². The van der Waals surface area contributed by atoms with E-state index in [1.807, 2.05) is 73.1 Å². The van der Waals surface area contributed by atoms with Gasteiger partial charge in [-0.05, 0) is 85.4 Å². The van der Waals surface area contributed by atoms with E-state index in [2.05, 4.69) is 20.5 Å². The maximum absolute atomic E-state index is 13.9. The Morgan fingerprint density at radius 3 is 2.65 bits per heavy atom. The number of carbonyl (C=O) groups excluding carboxylic acids is 1. The molecular formula is C28H25ClFN5OS. The third-order valence-electron chi connectivity index (χ3n) is 6.45. The molecule has 9 heteroatoms. The van der Waals surface area contributed by atoms with Gasteiger partial charge in [-0.25, -0.2) is 4.39 Å². The highest BCUT2D eigenvalue weighted by Crippen LogP contribution is 2.43. The predicted octanol–water partition coefficient (Wildman–Crippen LogP) is 6.50. The average molecular weight is 534 g/mol. The van der Waals surface area contributed by atoms with Gasteiger partial charge in [0.25, 0.3) is 0 Å². The van der Waals surface area contributed by atoms with Gasteiger partial charge in [-0.1, -0.05) is 24.6 Å². The first-order valence-electron chi connectivity index (χ1n) is 11.9. The van der Waals surface area contributed by atoms with Crippen molar-refractivity contribution in [2.75, 3.05) is 10.2 Å². The van der Waals surface area contributed by atoms with Crippen molar-refractivity contribution < 1.29 is 9.18 Å². The van der Waals surface area contributed by atoms with Gasteiger partial charge in [-0.2, -0.15) is 0 Å². The van der Waals surface area contributed by atoms with Gasteiger partial charge in [-0.3, -0.25) is 9.78 Å². The van der Waals surface area contributed by atoms with Crippen LogP contribution in [0.5, 0.6) is 0 Å². The summed E-state index contributed by atoms with van der Waals surface area (Å²) in [5, 5.41) is 7.00. The number of thiocarbonyl (C=S) groups is 1. The van der Waals surface area contributed by atoms with Gasteiger partial charge < -0.3 is 20.1 Å². The molecule has 0 aliphatic carbocycles. The molecule has 0 saturated carbocycles. The highest BCUT2D eigenvalue weighted by Gasteiger charge is 2.42. The Balaban J connectivity index is 1.62. The van der Waals surface area contributed by atoms with Crippen LogP contribution in [0.25, 0.3) is 5.69 Å². The Morgan fingerprint density at radius 1 is 1.14 bits per heavy atom. The number of carbonyl (C=O) groups is 1. The second kappa shape index (κ2) is 10.3. The van der Waals surface area contributed by atoms with Crippen molar-refractivity contribution in [1.82, 2.24) is 14.9 Å². The summed E-state index contributed by atoms with van der Waals surface area (Å²) in [6.07, 6.45) is 4.08. The van der Waals surface area contributed by atoms with Crippen molar-refractivity contribution in [3.05, 3.63) is 107 Å². The van der Waals surface area contributed by atoms with Gasteiger partial charge >= 0.3 is 0 Å². The first-order chi connectivity index (χ1) is 17.9. The number of aryl methyl sites for hydroxylation is 1. The highest BCUT2D eigenvalue weighted by atomic mass is 35.5. The van der Waals surface area contributed by atoms with Gasteiger partial charge in [0.05, 0.1) is 16.8 Å². The minimum absolute atomic E-state index is 0.0434. The molecule has 6 nitrogen and oxygen atoms in total. The molecule has 2 aromatic carbocycles. The molecule has 1 aliphatic rings. The number of anilines is 2. The van der Waals surface area contributed by atoms with E-state index in [4.69, 9.17) is 23.8 Å². The lowest BCUT2D eigenvalue weighted by atomic mass is 10.00. The molecule has 4 aromatic rings. The zero-order valence-corrected chi connectivity index (χ0v) is 21.9. The molecule has 37 heavy (non-hydrogen) atoms. The van der Waals surface area contributed by atoms with E-state index in [9.17, 15) is 9.18 Å².